The van der Waals surface area contributed by atoms with Crippen molar-refractivity contribution in [3.8, 4) is 11.5 Å². The molecule has 1 N–H and O–H groups in total. The smallest absolute Gasteiger partial charge is 0.418 e. The molecule has 1 aromatic carbocycles. The van der Waals surface area contributed by atoms with Gasteiger partial charge in [0.2, 0.25) is 0 Å². The van der Waals surface area contributed by atoms with Crippen molar-refractivity contribution in [3.05, 3.63) is 62.7 Å². The van der Waals surface area contributed by atoms with Crippen molar-refractivity contribution in [2.24, 2.45) is 4.99 Å². The van der Waals surface area contributed by atoms with E-state index in [-0.39, 0.29) is 10.7 Å². The van der Waals surface area contributed by atoms with Gasteiger partial charge in [0.25, 0.3) is 5.91 Å². The number of thiazole rings is 1. The molecule has 2 aromatic heterocycles. The summed E-state index contributed by atoms with van der Waals surface area (Å²) in [5.74, 6) is 0.359. The Morgan fingerprint density at radius 2 is 1.94 bits per heavy atom. The Bertz CT molecular complexity index is 1200. The number of alkyl halides is 3. The number of hydrogen-bond donors (Lipinski definition) is 1. The van der Waals surface area contributed by atoms with Crippen LogP contribution in [0.1, 0.15) is 32.7 Å². The summed E-state index contributed by atoms with van der Waals surface area (Å²) in [4.78, 5) is 25.1. The number of benzene rings is 1. The number of halogens is 4. The quantitative estimate of drug-likeness (QED) is 0.435. The summed E-state index contributed by atoms with van der Waals surface area (Å²) in [5.41, 5.74) is 0.332. The normalized spacial score (nSPS) is 11.9. The molecule has 1 amide bonds. The third-order valence-corrected chi connectivity index (χ3v) is 5.83. The molecule has 7 nitrogen and oxygen atoms in total. The summed E-state index contributed by atoms with van der Waals surface area (Å²) in [6, 6.07) is 6.06. The van der Waals surface area contributed by atoms with Crippen LogP contribution in [0.5, 0.6) is 11.5 Å². The van der Waals surface area contributed by atoms with Crippen molar-refractivity contribution in [2.75, 3.05) is 19.5 Å². The van der Waals surface area contributed by atoms with Gasteiger partial charge in [0.1, 0.15) is 27.2 Å². The fourth-order valence-corrected chi connectivity index (χ4v) is 3.69. The number of hydrogen-bond acceptors (Lipinski definition) is 7. The topological polar surface area (TPSA) is 85.7 Å². The number of aromatic nitrogens is 2. The van der Waals surface area contributed by atoms with Gasteiger partial charge in [-0.05, 0) is 25.1 Å². The third-order valence-electron chi connectivity index (χ3n) is 4.42. The number of amides is 1. The summed E-state index contributed by atoms with van der Waals surface area (Å²) >= 11 is 6.60. The largest absolute Gasteiger partial charge is 0.497 e. The minimum Gasteiger partial charge on any atom is -0.497 e. The van der Waals surface area contributed by atoms with E-state index in [9.17, 15) is 18.0 Å². The lowest BCUT2D eigenvalue weighted by Crippen LogP contribution is -2.13. The Morgan fingerprint density at radius 3 is 2.61 bits per heavy atom. The Kier molecular flexibility index (Phi) is 7.54. The molecule has 33 heavy (non-hydrogen) atoms. The molecule has 3 aromatic rings. The average Bonchev–Trinajstić information content (AvgIpc) is 3.28. The van der Waals surface area contributed by atoms with E-state index in [0.29, 0.717) is 34.8 Å². The molecule has 0 saturated carbocycles. The molecule has 0 bridgehead atoms. The lowest BCUT2D eigenvalue weighted by atomic mass is 10.2. The zero-order chi connectivity index (χ0) is 24.2. The van der Waals surface area contributed by atoms with Crippen molar-refractivity contribution in [2.45, 2.75) is 19.6 Å². The maximum absolute atomic E-state index is 13.0. The highest BCUT2D eigenvalue weighted by Gasteiger charge is 2.34. The molecule has 0 radical (unpaired) electrons. The molecule has 0 spiro atoms. The first kappa shape index (κ1) is 24.5. The van der Waals surface area contributed by atoms with Crippen molar-refractivity contribution in [3.63, 3.8) is 0 Å². The molecular weight excluding hydrogens is 481 g/mol. The van der Waals surface area contributed by atoms with Crippen LogP contribution in [0.3, 0.4) is 0 Å². The monoisotopic (exact) mass is 498 g/mol. The molecule has 0 aliphatic heterocycles. The van der Waals surface area contributed by atoms with Gasteiger partial charge in [-0.15, -0.1) is 11.3 Å². The van der Waals surface area contributed by atoms with Gasteiger partial charge in [-0.2, -0.15) is 13.2 Å². The molecular formula is C21H18ClF3N4O3S. The number of rotatable bonds is 7. The average molecular weight is 499 g/mol. The van der Waals surface area contributed by atoms with Crippen molar-refractivity contribution >= 4 is 40.4 Å². The van der Waals surface area contributed by atoms with Crippen molar-refractivity contribution in [1.82, 2.24) is 9.97 Å². The van der Waals surface area contributed by atoms with E-state index in [1.807, 2.05) is 6.07 Å². The fraction of sp³-hybridized carbons (Fsp3) is 0.238. The van der Waals surface area contributed by atoms with Gasteiger partial charge in [0.05, 0.1) is 43.3 Å². The minimum absolute atomic E-state index is 0.187. The second kappa shape index (κ2) is 10.2. The SMILES string of the molecule is COc1ccc(C/N=C(\C)c2ncc(C(=O)Nc3cc(C(F)(F)F)c(Cl)cn3)s2)c(OC)c1. The zero-order valence-electron chi connectivity index (χ0n) is 17.7. The van der Waals surface area contributed by atoms with E-state index < -0.39 is 22.7 Å². The van der Waals surface area contributed by atoms with E-state index >= 15 is 0 Å². The van der Waals surface area contributed by atoms with Gasteiger partial charge >= 0.3 is 6.18 Å². The molecule has 0 aliphatic rings. The molecule has 174 valence electrons. The van der Waals surface area contributed by atoms with Gasteiger partial charge < -0.3 is 14.8 Å². The second-order valence-corrected chi connectivity index (χ2v) is 8.05. The molecule has 0 saturated heterocycles. The van der Waals surface area contributed by atoms with Gasteiger partial charge in [-0.3, -0.25) is 9.79 Å². The predicted octanol–water partition coefficient (Wildman–Crippen LogP) is 5.49. The summed E-state index contributed by atoms with van der Waals surface area (Å²) < 4.78 is 49.5. The van der Waals surface area contributed by atoms with Crippen LogP contribution in [0.2, 0.25) is 5.02 Å². The van der Waals surface area contributed by atoms with Crippen molar-refractivity contribution in [1.29, 1.82) is 0 Å². The number of carbonyl (C=O) groups is 1. The maximum Gasteiger partial charge on any atom is 0.418 e. The van der Waals surface area contributed by atoms with Crippen LogP contribution in [-0.4, -0.2) is 35.8 Å². The summed E-state index contributed by atoms with van der Waals surface area (Å²) in [7, 11) is 3.11. The fourth-order valence-electron chi connectivity index (χ4n) is 2.70. The van der Waals surface area contributed by atoms with E-state index in [2.05, 4.69) is 20.3 Å². The van der Waals surface area contributed by atoms with Crippen LogP contribution >= 0.6 is 22.9 Å². The number of ether oxygens (including phenoxy) is 2. The van der Waals surface area contributed by atoms with Crippen LogP contribution in [0, 0.1) is 0 Å². The summed E-state index contributed by atoms with van der Waals surface area (Å²) in [6.45, 7) is 2.06. The van der Waals surface area contributed by atoms with Gasteiger partial charge in [-0.25, -0.2) is 9.97 Å². The van der Waals surface area contributed by atoms with Crippen LogP contribution in [0.25, 0.3) is 0 Å². The Hall–Kier alpha value is -3.18. The van der Waals surface area contributed by atoms with E-state index in [1.165, 1.54) is 6.20 Å². The number of carbonyl (C=O) groups excluding carboxylic acids is 1. The number of pyridine rings is 1. The predicted molar refractivity (Wildman–Crippen MR) is 120 cm³/mol. The molecule has 0 fully saturated rings. The molecule has 0 unspecified atom stereocenters. The molecule has 12 heteroatoms. The first-order valence-corrected chi connectivity index (χ1v) is 10.5. The Morgan fingerprint density at radius 1 is 1.18 bits per heavy atom. The van der Waals surface area contributed by atoms with Crippen LogP contribution in [0.4, 0.5) is 19.0 Å². The number of methoxy groups -OCH3 is 2. The Labute approximate surface area is 196 Å². The first-order chi connectivity index (χ1) is 15.6. The van der Waals surface area contributed by atoms with Gasteiger partial charge in [0, 0.05) is 17.8 Å². The molecule has 2 heterocycles. The van der Waals surface area contributed by atoms with Crippen LogP contribution in [0.15, 0.2) is 41.7 Å². The standard InChI is InChI=1S/C21H18ClF3N4O3S/c1-11(26-8-12-4-5-13(31-2)6-16(12)32-3)20-28-10-17(33-20)19(30)29-18-7-14(21(23,24)25)15(22)9-27-18/h4-7,9-10H,8H2,1-3H3,(H,27,29,30)/b26-11+. The number of nitrogens with zero attached hydrogens (tertiary/aromatic N) is 3. The number of anilines is 1. The van der Waals surface area contributed by atoms with Crippen LogP contribution in [-0.2, 0) is 12.7 Å². The summed E-state index contributed by atoms with van der Waals surface area (Å²) in [5, 5.41) is 2.27. The van der Waals surface area contributed by atoms with E-state index in [0.717, 1.165) is 23.1 Å². The van der Waals surface area contributed by atoms with Crippen LogP contribution < -0.4 is 14.8 Å². The van der Waals surface area contributed by atoms with E-state index in [4.69, 9.17) is 21.1 Å². The lowest BCUT2D eigenvalue weighted by molar-refractivity contribution is -0.137. The number of aliphatic imine (C=N–C) groups is 1. The second-order valence-electron chi connectivity index (χ2n) is 6.61. The van der Waals surface area contributed by atoms with Crippen molar-refractivity contribution < 1.29 is 27.4 Å². The highest BCUT2D eigenvalue weighted by molar-refractivity contribution is 7.15. The van der Waals surface area contributed by atoms with Gasteiger partial charge in [-0.1, -0.05) is 11.6 Å². The Balaban J connectivity index is 1.72. The molecule has 0 aliphatic carbocycles. The van der Waals surface area contributed by atoms with E-state index in [1.54, 1.807) is 33.3 Å². The zero-order valence-corrected chi connectivity index (χ0v) is 19.2. The first-order valence-electron chi connectivity index (χ1n) is 9.34. The summed E-state index contributed by atoms with van der Waals surface area (Å²) in [6.07, 6.45) is -2.51. The lowest BCUT2D eigenvalue weighted by Gasteiger charge is -2.10. The molecule has 0 atom stereocenters. The highest BCUT2D eigenvalue weighted by atomic mass is 35.5. The minimum atomic E-state index is -4.67. The van der Waals surface area contributed by atoms with Gasteiger partial charge in [0.15, 0.2) is 0 Å². The highest BCUT2D eigenvalue weighted by Crippen LogP contribution is 2.35. The number of nitrogens with one attached hydrogen (secondary N) is 1. The molecule has 3 rings (SSSR count). The third kappa shape index (κ3) is 5.99. The maximum atomic E-state index is 13.0.